The van der Waals surface area contributed by atoms with Crippen LogP contribution in [0.5, 0.6) is 11.5 Å². The van der Waals surface area contributed by atoms with E-state index in [0.717, 1.165) is 31.0 Å². The first kappa shape index (κ1) is 16.0. The van der Waals surface area contributed by atoms with Gasteiger partial charge in [0.15, 0.2) is 17.6 Å². The lowest BCUT2D eigenvalue weighted by Crippen LogP contribution is -2.34. The van der Waals surface area contributed by atoms with Crippen molar-refractivity contribution in [1.29, 1.82) is 0 Å². The Morgan fingerprint density at radius 3 is 2.93 bits per heavy atom. The number of nitrogens with zero attached hydrogens (tertiary/aromatic N) is 2. The molecule has 7 nitrogen and oxygen atoms in total. The molecule has 1 amide bonds. The van der Waals surface area contributed by atoms with E-state index < -0.39 is 6.09 Å². The van der Waals surface area contributed by atoms with Crippen LogP contribution in [0.4, 0.5) is 16.2 Å². The second-order valence-corrected chi connectivity index (χ2v) is 6.69. The van der Waals surface area contributed by atoms with Gasteiger partial charge < -0.3 is 19.1 Å². The van der Waals surface area contributed by atoms with Crippen molar-refractivity contribution in [2.75, 3.05) is 25.1 Å². The lowest BCUT2D eigenvalue weighted by Gasteiger charge is -2.26. The number of carbonyl (C=O) groups excluding carboxylic acids is 1. The lowest BCUT2D eigenvalue weighted by atomic mass is 10.1. The number of ether oxygens (including phenoxy) is 3. The molecule has 1 fully saturated rings. The summed E-state index contributed by atoms with van der Waals surface area (Å²) < 4.78 is 16.7. The zero-order chi connectivity index (χ0) is 18.2. The summed E-state index contributed by atoms with van der Waals surface area (Å²) in [5.74, 6) is 2.13. The van der Waals surface area contributed by atoms with Crippen LogP contribution in [0.15, 0.2) is 47.5 Å². The Bertz CT molecular complexity index is 927. The Morgan fingerprint density at radius 1 is 1.15 bits per heavy atom. The van der Waals surface area contributed by atoms with Gasteiger partial charge in [-0.05, 0) is 23.8 Å². The molecule has 0 radical (unpaired) electrons. The molecule has 0 bridgehead atoms. The maximum Gasteiger partial charge on any atom is 0.412 e. The van der Waals surface area contributed by atoms with Crippen LogP contribution in [0.1, 0.15) is 12.0 Å². The molecule has 1 atom stereocenters. The van der Waals surface area contributed by atoms with Crippen LogP contribution in [0.2, 0.25) is 0 Å². The van der Waals surface area contributed by atoms with Gasteiger partial charge in [-0.2, -0.15) is 0 Å². The first-order valence-corrected chi connectivity index (χ1v) is 9.05. The van der Waals surface area contributed by atoms with Gasteiger partial charge in [0.25, 0.3) is 0 Å². The summed E-state index contributed by atoms with van der Waals surface area (Å²) in [6.45, 7) is 2.67. The van der Waals surface area contributed by atoms with Gasteiger partial charge >= 0.3 is 6.09 Å². The number of amides is 1. The van der Waals surface area contributed by atoms with E-state index in [1.54, 1.807) is 18.2 Å². The van der Waals surface area contributed by atoms with Crippen molar-refractivity contribution >= 4 is 23.3 Å². The first-order chi connectivity index (χ1) is 13.3. The number of benzene rings is 2. The Kier molecular flexibility index (Phi) is 3.85. The normalized spacial score (nSPS) is 19.6. The fourth-order valence-electron chi connectivity index (χ4n) is 3.62. The highest BCUT2D eigenvalue weighted by Crippen LogP contribution is 2.33. The lowest BCUT2D eigenvalue weighted by molar-refractivity contribution is 0.143. The van der Waals surface area contributed by atoms with Crippen molar-refractivity contribution < 1.29 is 19.0 Å². The average molecular weight is 365 g/mol. The Labute approximate surface area is 156 Å². The van der Waals surface area contributed by atoms with Crippen LogP contribution >= 0.6 is 0 Å². The number of amidine groups is 1. The summed E-state index contributed by atoms with van der Waals surface area (Å²) in [6, 6.07) is 13.4. The highest BCUT2D eigenvalue weighted by molar-refractivity contribution is 5.95. The van der Waals surface area contributed by atoms with E-state index >= 15 is 0 Å². The van der Waals surface area contributed by atoms with Gasteiger partial charge in [0.05, 0.1) is 5.69 Å². The molecule has 1 N–H and O–H groups in total. The number of carbonyl (C=O) groups is 1. The van der Waals surface area contributed by atoms with E-state index in [2.05, 4.69) is 16.3 Å². The molecule has 2 aromatic rings. The molecule has 0 spiro atoms. The second-order valence-electron chi connectivity index (χ2n) is 6.69. The van der Waals surface area contributed by atoms with Gasteiger partial charge in [-0.3, -0.25) is 5.32 Å². The SMILES string of the molecule is O=C(Nc1ccc2c(c1)OCCO2)O[C@@H]1CCN2Cc3ccccc3N=C12. The number of anilines is 1. The van der Waals surface area contributed by atoms with Gasteiger partial charge in [-0.25, -0.2) is 9.79 Å². The molecule has 3 aliphatic rings. The van der Waals surface area contributed by atoms with E-state index in [1.807, 2.05) is 18.2 Å². The van der Waals surface area contributed by atoms with Crippen LogP contribution in [-0.4, -0.2) is 42.7 Å². The van der Waals surface area contributed by atoms with Crippen LogP contribution in [0.3, 0.4) is 0 Å². The zero-order valence-corrected chi connectivity index (χ0v) is 14.7. The van der Waals surface area contributed by atoms with Gasteiger partial charge in [0.2, 0.25) is 0 Å². The van der Waals surface area contributed by atoms with Crippen LogP contribution in [0.25, 0.3) is 0 Å². The van der Waals surface area contributed by atoms with Crippen LogP contribution in [0, 0.1) is 0 Å². The minimum atomic E-state index is -0.500. The van der Waals surface area contributed by atoms with Crippen molar-refractivity contribution in [2.24, 2.45) is 4.99 Å². The van der Waals surface area contributed by atoms with Crippen LogP contribution < -0.4 is 14.8 Å². The molecule has 7 heteroatoms. The predicted octanol–water partition coefficient (Wildman–Crippen LogP) is 3.32. The molecule has 0 unspecified atom stereocenters. The van der Waals surface area contributed by atoms with Crippen LogP contribution in [-0.2, 0) is 11.3 Å². The first-order valence-electron chi connectivity index (χ1n) is 9.05. The summed E-state index contributed by atoms with van der Waals surface area (Å²) in [7, 11) is 0. The van der Waals surface area contributed by atoms with Crippen molar-refractivity contribution in [1.82, 2.24) is 4.90 Å². The number of rotatable bonds is 2. The Hall–Kier alpha value is -3.22. The van der Waals surface area contributed by atoms with Gasteiger partial charge in [-0.15, -0.1) is 0 Å². The summed E-state index contributed by atoms with van der Waals surface area (Å²) in [6.07, 6.45) is -0.0999. The van der Waals surface area contributed by atoms with Gasteiger partial charge in [-0.1, -0.05) is 18.2 Å². The number of para-hydroxylation sites is 1. The fourth-order valence-corrected chi connectivity index (χ4v) is 3.62. The van der Waals surface area contributed by atoms with E-state index in [1.165, 1.54) is 5.56 Å². The summed E-state index contributed by atoms with van der Waals surface area (Å²) >= 11 is 0. The molecular formula is C20H19N3O4. The number of hydrogen-bond donors (Lipinski definition) is 1. The molecule has 0 saturated carbocycles. The standard InChI is InChI=1S/C20H19N3O4/c24-20(21-14-5-6-16-18(11-14)26-10-9-25-16)27-17-7-8-23-12-13-3-1-2-4-15(13)22-19(17)23/h1-6,11,17H,7-10,12H2,(H,21,24)/t17-/m1/s1. The predicted molar refractivity (Wildman–Crippen MR) is 99.9 cm³/mol. The summed E-state index contributed by atoms with van der Waals surface area (Å²) in [4.78, 5) is 19.3. The molecule has 2 aromatic carbocycles. The summed E-state index contributed by atoms with van der Waals surface area (Å²) in [5.41, 5.74) is 2.75. The van der Waals surface area contributed by atoms with Crippen molar-refractivity contribution in [3.63, 3.8) is 0 Å². The smallest absolute Gasteiger partial charge is 0.412 e. The molecule has 1 saturated heterocycles. The third kappa shape index (κ3) is 3.05. The highest BCUT2D eigenvalue weighted by Gasteiger charge is 2.35. The number of nitrogens with one attached hydrogen (secondary N) is 1. The third-order valence-corrected chi connectivity index (χ3v) is 4.90. The maximum absolute atomic E-state index is 12.4. The van der Waals surface area contributed by atoms with E-state index in [9.17, 15) is 4.79 Å². The topological polar surface area (TPSA) is 72.4 Å². The Morgan fingerprint density at radius 2 is 2.00 bits per heavy atom. The minimum Gasteiger partial charge on any atom is -0.486 e. The van der Waals surface area contributed by atoms with Gasteiger partial charge in [0, 0.05) is 31.3 Å². The average Bonchev–Trinajstić information content (AvgIpc) is 3.07. The Balaban J connectivity index is 1.28. The van der Waals surface area contributed by atoms with Crippen molar-refractivity contribution in [2.45, 2.75) is 19.1 Å². The monoisotopic (exact) mass is 365 g/mol. The van der Waals surface area contributed by atoms with Crippen molar-refractivity contribution in [3.05, 3.63) is 48.0 Å². The van der Waals surface area contributed by atoms with Gasteiger partial charge in [0.1, 0.15) is 19.0 Å². The molecule has 27 heavy (non-hydrogen) atoms. The summed E-state index contributed by atoms with van der Waals surface area (Å²) in [5, 5.41) is 2.76. The van der Waals surface area contributed by atoms with E-state index in [4.69, 9.17) is 19.2 Å². The third-order valence-electron chi connectivity index (χ3n) is 4.90. The molecular weight excluding hydrogens is 346 g/mol. The molecule has 3 heterocycles. The minimum absolute atomic E-state index is 0.337. The quantitative estimate of drug-likeness (QED) is 0.884. The molecule has 0 aliphatic carbocycles. The molecule has 3 aliphatic heterocycles. The molecule has 138 valence electrons. The number of hydrogen-bond acceptors (Lipinski definition) is 6. The zero-order valence-electron chi connectivity index (χ0n) is 14.7. The molecule has 0 aromatic heterocycles. The number of aliphatic imine (C=N–C) groups is 1. The fraction of sp³-hybridized carbons (Fsp3) is 0.300. The highest BCUT2D eigenvalue weighted by atomic mass is 16.6. The number of fused-ring (bicyclic) bond motifs is 3. The van der Waals surface area contributed by atoms with Crippen molar-refractivity contribution in [3.8, 4) is 11.5 Å². The molecule has 5 rings (SSSR count). The van der Waals surface area contributed by atoms with E-state index in [-0.39, 0.29) is 6.10 Å². The largest absolute Gasteiger partial charge is 0.486 e. The van der Waals surface area contributed by atoms with E-state index in [0.29, 0.717) is 30.4 Å². The maximum atomic E-state index is 12.4. The second kappa shape index (κ2) is 6.50.